The van der Waals surface area contributed by atoms with Crippen molar-refractivity contribution in [1.29, 1.82) is 0 Å². The van der Waals surface area contributed by atoms with Crippen LogP contribution in [0, 0.1) is 0 Å². The molecule has 0 aromatic carbocycles. The van der Waals surface area contributed by atoms with E-state index < -0.39 is 5.97 Å². The Hall–Kier alpha value is -2.15. The Morgan fingerprint density at radius 1 is 1.53 bits per heavy atom. The Morgan fingerprint density at radius 3 is 3.06 bits per heavy atom. The van der Waals surface area contributed by atoms with Crippen molar-refractivity contribution in [3.63, 3.8) is 0 Å². The van der Waals surface area contributed by atoms with Gasteiger partial charge in [0.05, 0.1) is 12.1 Å². The van der Waals surface area contributed by atoms with E-state index in [-0.39, 0.29) is 5.56 Å². The number of carboxylic acids is 1. The third kappa shape index (κ3) is 3.15. The van der Waals surface area contributed by atoms with Crippen LogP contribution in [0.4, 0.5) is 0 Å². The van der Waals surface area contributed by atoms with Gasteiger partial charge >= 0.3 is 5.97 Å². The van der Waals surface area contributed by atoms with Crippen LogP contribution >= 0.6 is 0 Å². The molecule has 90 valence electrons. The summed E-state index contributed by atoms with van der Waals surface area (Å²) in [6.07, 6.45) is 3.14. The highest BCUT2D eigenvalue weighted by Crippen LogP contribution is 2.07. The van der Waals surface area contributed by atoms with Crippen LogP contribution in [0.25, 0.3) is 0 Å². The molecule has 2 N–H and O–H groups in total. The number of carboxylic acid groups (broad SMARTS) is 1. The number of hydrogen-bond donors (Lipinski definition) is 2. The van der Waals surface area contributed by atoms with Gasteiger partial charge in [-0.05, 0) is 6.07 Å². The van der Waals surface area contributed by atoms with E-state index >= 15 is 0 Å². The highest BCUT2D eigenvalue weighted by molar-refractivity contribution is 5.87. The zero-order valence-electron chi connectivity index (χ0n) is 8.92. The molecule has 0 saturated heterocycles. The fourth-order valence-electron chi connectivity index (χ4n) is 1.30. The summed E-state index contributed by atoms with van der Waals surface area (Å²) in [5.74, 6) is 0.213. The SMILES string of the molecule is O=C(O)c1coc(CNCCc2ncon2)c1. The molecule has 0 unspecified atom stereocenters. The number of nitrogens with one attached hydrogen (secondary N) is 1. The molecule has 2 aromatic rings. The molecule has 0 radical (unpaired) electrons. The van der Waals surface area contributed by atoms with Crippen LogP contribution in [0.1, 0.15) is 21.9 Å². The van der Waals surface area contributed by atoms with Crippen molar-refractivity contribution >= 4 is 5.97 Å². The lowest BCUT2D eigenvalue weighted by Gasteiger charge is -1.98. The van der Waals surface area contributed by atoms with Crippen LogP contribution in [0.15, 0.2) is 27.7 Å². The van der Waals surface area contributed by atoms with Crippen molar-refractivity contribution in [2.75, 3.05) is 6.54 Å². The Balaban J connectivity index is 1.72. The van der Waals surface area contributed by atoms with Crippen molar-refractivity contribution in [2.24, 2.45) is 0 Å². The molecule has 2 aromatic heterocycles. The molecule has 0 fully saturated rings. The molecule has 7 nitrogen and oxygen atoms in total. The maximum Gasteiger partial charge on any atom is 0.338 e. The zero-order chi connectivity index (χ0) is 12.1. The standard InChI is InChI=1S/C10H11N3O4/c14-10(15)7-3-8(16-5-7)4-11-2-1-9-12-6-17-13-9/h3,5-6,11H,1-2,4H2,(H,14,15). The first-order valence-corrected chi connectivity index (χ1v) is 5.02. The van der Waals surface area contributed by atoms with E-state index in [9.17, 15) is 4.79 Å². The van der Waals surface area contributed by atoms with Gasteiger partial charge in [-0.2, -0.15) is 4.98 Å². The van der Waals surface area contributed by atoms with Crippen molar-refractivity contribution < 1.29 is 18.8 Å². The van der Waals surface area contributed by atoms with Crippen LogP contribution in [0.3, 0.4) is 0 Å². The molecule has 2 heterocycles. The highest BCUT2D eigenvalue weighted by Gasteiger charge is 2.07. The minimum absolute atomic E-state index is 0.153. The minimum atomic E-state index is -0.994. The maximum absolute atomic E-state index is 10.6. The molecule has 0 bridgehead atoms. The van der Waals surface area contributed by atoms with Gasteiger partial charge in [0, 0.05) is 13.0 Å². The predicted octanol–water partition coefficient (Wildman–Crippen LogP) is 0.693. The number of carbonyl (C=O) groups is 1. The maximum atomic E-state index is 10.6. The van der Waals surface area contributed by atoms with Gasteiger partial charge in [-0.1, -0.05) is 5.16 Å². The number of rotatable bonds is 6. The third-order valence-corrected chi connectivity index (χ3v) is 2.13. The van der Waals surface area contributed by atoms with Crippen molar-refractivity contribution in [3.8, 4) is 0 Å². The molecule has 0 atom stereocenters. The molecule has 0 aliphatic heterocycles. The number of hydrogen-bond acceptors (Lipinski definition) is 6. The van der Waals surface area contributed by atoms with Crippen LogP contribution < -0.4 is 5.32 Å². The molecule has 7 heteroatoms. The quantitative estimate of drug-likeness (QED) is 0.712. The Labute approximate surface area is 96.4 Å². The average molecular weight is 237 g/mol. The molecule has 0 spiro atoms. The summed E-state index contributed by atoms with van der Waals surface area (Å²) in [6.45, 7) is 1.12. The van der Waals surface area contributed by atoms with Crippen LogP contribution in [-0.4, -0.2) is 27.8 Å². The molecule has 0 aliphatic carbocycles. The fourth-order valence-corrected chi connectivity index (χ4v) is 1.30. The van der Waals surface area contributed by atoms with Gasteiger partial charge in [0.15, 0.2) is 5.82 Å². The molecule has 0 amide bonds. The second-order valence-corrected chi connectivity index (χ2v) is 3.38. The van der Waals surface area contributed by atoms with Gasteiger partial charge in [-0.25, -0.2) is 4.79 Å². The Morgan fingerprint density at radius 2 is 2.41 bits per heavy atom. The third-order valence-electron chi connectivity index (χ3n) is 2.13. The van der Waals surface area contributed by atoms with Gasteiger partial charge < -0.3 is 19.4 Å². The predicted molar refractivity (Wildman–Crippen MR) is 55.4 cm³/mol. The summed E-state index contributed by atoms with van der Waals surface area (Å²) in [4.78, 5) is 14.5. The van der Waals surface area contributed by atoms with Crippen LogP contribution in [-0.2, 0) is 13.0 Å². The zero-order valence-corrected chi connectivity index (χ0v) is 8.92. The molecule has 2 rings (SSSR count). The number of nitrogens with zero attached hydrogens (tertiary/aromatic N) is 2. The Bertz CT molecular complexity index is 477. The summed E-state index contributed by atoms with van der Waals surface area (Å²) in [6, 6.07) is 1.49. The lowest BCUT2D eigenvalue weighted by Crippen LogP contribution is -2.16. The van der Waals surface area contributed by atoms with Gasteiger partial charge in [0.1, 0.15) is 12.0 Å². The van der Waals surface area contributed by atoms with Crippen molar-refractivity contribution in [1.82, 2.24) is 15.5 Å². The largest absolute Gasteiger partial charge is 0.478 e. The lowest BCUT2D eigenvalue weighted by molar-refractivity contribution is 0.0696. The second-order valence-electron chi connectivity index (χ2n) is 3.38. The normalized spacial score (nSPS) is 10.6. The topological polar surface area (TPSA) is 101 Å². The van der Waals surface area contributed by atoms with Crippen molar-refractivity contribution in [3.05, 3.63) is 35.9 Å². The summed E-state index contributed by atoms with van der Waals surface area (Å²) >= 11 is 0. The first-order valence-electron chi connectivity index (χ1n) is 5.02. The van der Waals surface area contributed by atoms with Crippen LogP contribution in [0.5, 0.6) is 0 Å². The smallest absolute Gasteiger partial charge is 0.338 e. The van der Waals surface area contributed by atoms with E-state index in [1.165, 1.54) is 18.7 Å². The molecule has 0 saturated carbocycles. The molecule has 0 aliphatic rings. The number of furan rings is 1. The Kier molecular flexibility index (Phi) is 3.51. The average Bonchev–Trinajstić information content (AvgIpc) is 2.96. The van der Waals surface area contributed by atoms with Gasteiger partial charge in [-0.3, -0.25) is 0 Å². The van der Waals surface area contributed by atoms with E-state index in [2.05, 4.69) is 20.0 Å². The van der Waals surface area contributed by atoms with E-state index in [4.69, 9.17) is 9.52 Å². The van der Waals surface area contributed by atoms with Crippen molar-refractivity contribution in [2.45, 2.75) is 13.0 Å². The fraction of sp³-hybridized carbons (Fsp3) is 0.300. The van der Waals surface area contributed by atoms with Gasteiger partial charge in [-0.15, -0.1) is 0 Å². The van der Waals surface area contributed by atoms with Gasteiger partial charge in [0.2, 0.25) is 6.39 Å². The molecular formula is C10H11N3O4. The highest BCUT2D eigenvalue weighted by atomic mass is 16.5. The lowest BCUT2D eigenvalue weighted by atomic mass is 10.3. The first-order chi connectivity index (χ1) is 8.25. The van der Waals surface area contributed by atoms with E-state index in [1.807, 2.05) is 0 Å². The monoisotopic (exact) mass is 237 g/mol. The van der Waals surface area contributed by atoms with Crippen LogP contribution in [0.2, 0.25) is 0 Å². The first kappa shape index (κ1) is 11.3. The minimum Gasteiger partial charge on any atom is -0.478 e. The summed E-state index contributed by atoms with van der Waals surface area (Å²) in [5, 5.41) is 15.4. The van der Waals surface area contributed by atoms with E-state index in [0.717, 1.165) is 0 Å². The number of aromatic carboxylic acids is 1. The van der Waals surface area contributed by atoms with E-state index in [1.54, 1.807) is 0 Å². The van der Waals surface area contributed by atoms with E-state index in [0.29, 0.717) is 31.1 Å². The number of aromatic nitrogens is 2. The molecule has 17 heavy (non-hydrogen) atoms. The summed E-state index contributed by atoms with van der Waals surface area (Å²) in [5.41, 5.74) is 0.153. The van der Waals surface area contributed by atoms with Gasteiger partial charge in [0.25, 0.3) is 0 Å². The summed E-state index contributed by atoms with van der Waals surface area (Å²) in [7, 11) is 0. The second kappa shape index (κ2) is 5.26. The molecular weight excluding hydrogens is 226 g/mol. The summed E-state index contributed by atoms with van der Waals surface area (Å²) < 4.78 is 9.66.